The number of fused-ring (bicyclic) bond motifs is 2. The summed E-state index contributed by atoms with van der Waals surface area (Å²) in [6.45, 7) is 0. The van der Waals surface area contributed by atoms with Gasteiger partial charge in [-0.1, -0.05) is 102 Å². The van der Waals surface area contributed by atoms with Crippen LogP contribution in [0.3, 0.4) is 0 Å². The van der Waals surface area contributed by atoms with E-state index < -0.39 is 0 Å². The molecule has 6 rings (SSSR count). The van der Waals surface area contributed by atoms with Crippen LogP contribution < -0.4 is 0 Å². The lowest BCUT2D eigenvalue weighted by Crippen LogP contribution is -1.94. The molecule has 0 unspecified atom stereocenters. The number of rotatable bonds is 4. The Morgan fingerprint density at radius 2 is 1.19 bits per heavy atom. The molecule has 4 aromatic carbocycles. The molecule has 36 heavy (non-hydrogen) atoms. The molecular formula is C30H20Cl2N2O2. The molecule has 0 bridgehead atoms. The minimum Gasteiger partial charge on any atom is -0.345 e. The molecule has 0 atom stereocenters. The first kappa shape index (κ1) is 23.6. The fourth-order valence-corrected chi connectivity index (χ4v) is 4.86. The molecule has 0 fully saturated rings. The van der Waals surface area contributed by atoms with Gasteiger partial charge in [-0.3, -0.25) is 14.2 Å². The maximum Gasteiger partial charge on any atom is 0.153 e. The number of hydrogen-bond donors (Lipinski definition) is 1. The number of nitrogens with one attached hydrogen (secondary N) is 1. The second kappa shape index (κ2) is 10.2. The second-order valence-corrected chi connectivity index (χ2v) is 8.84. The van der Waals surface area contributed by atoms with Gasteiger partial charge in [0.2, 0.25) is 0 Å². The van der Waals surface area contributed by atoms with E-state index in [1.54, 1.807) is 0 Å². The van der Waals surface area contributed by atoms with Gasteiger partial charge in [0, 0.05) is 22.0 Å². The Kier molecular flexibility index (Phi) is 6.72. The van der Waals surface area contributed by atoms with Crippen LogP contribution in [0.15, 0.2) is 103 Å². The van der Waals surface area contributed by atoms with Crippen molar-refractivity contribution < 1.29 is 9.59 Å². The second-order valence-electron chi connectivity index (χ2n) is 8.10. The van der Waals surface area contributed by atoms with E-state index in [0.29, 0.717) is 21.4 Å². The summed E-state index contributed by atoms with van der Waals surface area (Å²) in [7, 11) is 0. The van der Waals surface area contributed by atoms with E-state index in [1.807, 2.05) is 83.4 Å². The van der Waals surface area contributed by atoms with Crippen LogP contribution in [0.25, 0.3) is 38.6 Å². The summed E-state index contributed by atoms with van der Waals surface area (Å²) in [6.07, 6.45) is 1.58. The summed E-state index contributed by atoms with van der Waals surface area (Å²) < 4.78 is 1.91. The first-order chi connectivity index (χ1) is 17.6. The summed E-state index contributed by atoms with van der Waals surface area (Å²) in [5.74, 6) is 0. The van der Waals surface area contributed by atoms with E-state index in [2.05, 4.69) is 29.2 Å². The average Bonchev–Trinajstić information content (AvgIpc) is 3.41. The number of aromatic nitrogens is 2. The Morgan fingerprint density at radius 1 is 0.611 bits per heavy atom. The van der Waals surface area contributed by atoms with Crippen LogP contribution >= 0.6 is 23.2 Å². The van der Waals surface area contributed by atoms with Crippen LogP contribution in [0.2, 0.25) is 10.3 Å². The SMILES string of the molecule is O=Cc1c(Cl)[nH]c2ccccc12.O=Cc1c(Cl)n(-c2ccc(-c3ccccc3)cc2)c2ccccc12. The molecule has 6 heteroatoms. The van der Waals surface area contributed by atoms with Gasteiger partial charge in [0.1, 0.15) is 10.3 Å². The lowest BCUT2D eigenvalue weighted by molar-refractivity contribution is 0.111. The van der Waals surface area contributed by atoms with Crippen molar-refractivity contribution in [1.82, 2.24) is 9.55 Å². The minimum absolute atomic E-state index is 0.409. The Labute approximate surface area is 217 Å². The molecule has 6 aromatic rings. The molecule has 1 N–H and O–H groups in total. The summed E-state index contributed by atoms with van der Waals surface area (Å²) in [6, 6.07) is 33.7. The number of H-pyrrole nitrogens is 1. The smallest absolute Gasteiger partial charge is 0.153 e. The molecule has 4 nitrogen and oxygen atoms in total. The summed E-state index contributed by atoms with van der Waals surface area (Å²) in [4.78, 5) is 24.9. The minimum atomic E-state index is 0.409. The predicted octanol–water partition coefficient (Wildman–Crippen LogP) is 8.40. The number of carbonyl (C=O) groups is 2. The zero-order valence-electron chi connectivity index (χ0n) is 19.0. The lowest BCUT2D eigenvalue weighted by atomic mass is 10.1. The van der Waals surface area contributed by atoms with Gasteiger partial charge in [0.15, 0.2) is 12.6 Å². The highest BCUT2D eigenvalue weighted by atomic mass is 35.5. The maximum absolute atomic E-state index is 11.4. The Hall–Kier alpha value is -4.12. The van der Waals surface area contributed by atoms with Gasteiger partial charge >= 0.3 is 0 Å². The number of carbonyl (C=O) groups excluding carboxylic acids is 2. The van der Waals surface area contributed by atoms with Gasteiger partial charge in [-0.2, -0.15) is 0 Å². The number of halogens is 2. The van der Waals surface area contributed by atoms with Crippen molar-refractivity contribution in [2.45, 2.75) is 0 Å². The summed E-state index contributed by atoms with van der Waals surface area (Å²) >= 11 is 12.3. The van der Waals surface area contributed by atoms with E-state index in [-0.39, 0.29) is 0 Å². The normalized spacial score (nSPS) is 10.7. The zero-order valence-corrected chi connectivity index (χ0v) is 20.5. The molecule has 0 saturated carbocycles. The monoisotopic (exact) mass is 510 g/mol. The van der Waals surface area contributed by atoms with E-state index in [9.17, 15) is 9.59 Å². The number of benzene rings is 4. The number of aldehydes is 2. The van der Waals surface area contributed by atoms with Crippen molar-refractivity contribution in [2.75, 3.05) is 0 Å². The molecule has 0 saturated heterocycles. The molecule has 0 aliphatic heterocycles. The fraction of sp³-hybridized carbons (Fsp3) is 0. The Morgan fingerprint density at radius 3 is 1.89 bits per heavy atom. The van der Waals surface area contributed by atoms with E-state index in [1.165, 1.54) is 5.56 Å². The van der Waals surface area contributed by atoms with Crippen LogP contribution in [0, 0.1) is 0 Å². The molecule has 0 aliphatic carbocycles. The van der Waals surface area contributed by atoms with Crippen molar-refractivity contribution in [3.05, 3.63) is 125 Å². The molecule has 0 amide bonds. The standard InChI is InChI=1S/C21H14ClNO.C9H6ClNO/c22-21-19(14-24)18-8-4-5-9-20(18)23(21)17-12-10-16(11-13-17)15-6-2-1-3-7-15;10-9-7(5-12)6-3-1-2-4-8(6)11-9/h1-14H;1-5,11H. The maximum atomic E-state index is 11.4. The van der Waals surface area contributed by atoms with Crippen molar-refractivity contribution in [2.24, 2.45) is 0 Å². The number of para-hydroxylation sites is 2. The van der Waals surface area contributed by atoms with Crippen LogP contribution in [0.1, 0.15) is 20.7 Å². The molecule has 0 aliphatic rings. The number of aromatic amines is 1. The average molecular weight is 511 g/mol. The third-order valence-electron chi connectivity index (χ3n) is 6.02. The van der Waals surface area contributed by atoms with Crippen molar-refractivity contribution in [3.63, 3.8) is 0 Å². The quantitative estimate of drug-likeness (QED) is 0.242. The highest BCUT2D eigenvalue weighted by Crippen LogP contribution is 2.32. The predicted molar refractivity (Wildman–Crippen MR) is 148 cm³/mol. The van der Waals surface area contributed by atoms with Gasteiger partial charge in [-0.05, 0) is 35.4 Å². The third kappa shape index (κ3) is 4.33. The van der Waals surface area contributed by atoms with Crippen molar-refractivity contribution in [3.8, 4) is 16.8 Å². The van der Waals surface area contributed by atoms with Gasteiger partial charge in [-0.25, -0.2) is 0 Å². The van der Waals surface area contributed by atoms with Crippen LogP contribution in [0.4, 0.5) is 0 Å². The first-order valence-corrected chi connectivity index (χ1v) is 12.0. The molecule has 0 spiro atoms. The summed E-state index contributed by atoms with van der Waals surface area (Å²) in [5, 5.41) is 2.59. The first-order valence-electron chi connectivity index (χ1n) is 11.2. The molecule has 2 heterocycles. The molecule has 176 valence electrons. The third-order valence-corrected chi connectivity index (χ3v) is 6.69. The highest BCUT2D eigenvalue weighted by Gasteiger charge is 2.16. The lowest BCUT2D eigenvalue weighted by Gasteiger charge is -2.09. The molecule has 0 radical (unpaired) electrons. The number of nitrogens with zero attached hydrogens (tertiary/aromatic N) is 1. The Balaban J connectivity index is 0.000000186. The highest BCUT2D eigenvalue weighted by molar-refractivity contribution is 6.35. The molecule has 2 aromatic heterocycles. The summed E-state index contributed by atoms with van der Waals surface area (Å²) in [5.41, 5.74) is 6.13. The zero-order chi connectivity index (χ0) is 25.1. The van der Waals surface area contributed by atoms with Gasteiger partial charge < -0.3 is 4.98 Å². The van der Waals surface area contributed by atoms with Gasteiger partial charge in [0.05, 0.1) is 16.6 Å². The van der Waals surface area contributed by atoms with Crippen LogP contribution in [-0.4, -0.2) is 22.1 Å². The van der Waals surface area contributed by atoms with Crippen LogP contribution in [-0.2, 0) is 0 Å². The molecular weight excluding hydrogens is 491 g/mol. The van der Waals surface area contributed by atoms with Crippen LogP contribution in [0.5, 0.6) is 0 Å². The van der Waals surface area contributed by atoms with E-state index in [4.69, 9.17) is 23.2 Å². The topological polar surface area (TPSA) is 54.9 Å². The van der Waals surface area contributed by atoms with E-state index >= 15 is 0 Å². The van der Waals surface area contributed by atoms with Crippen molar-refractivity contribution in [1.29, 1.82) is 0 Å². The van der Waals surface area contributed by atoms with E-state index in [0.717, 1.165) is 45.6 Å². The Bertz CT molecular complexity index is 1680. The largest absolute Gasteiger partial charge is 0.345 e. The van der Waals surface area contributed by atoms with Crippen molar-refractivity contribution >= 4 is 57.6 Å². The van der Waals surface area contributed by atoms with Gasteiger partial charge in [-0.15, -0.1) is 0 Å². The number of hydrogen-bond acceptors (Lipinski definition) is 2. The van der Waals surface area contributed by atoms with Gasteiger partial charge in [0.25, 0.3) is 0 Å². The fourth-order valence-electron chi connectivity index (χ4n) is 4.28.